The lowest BCUT2D eigenvalue weighted by Crippen LogP contribution is -1.96. The minimum absolute atomic E-state index is 0.467. The Morgan fingerprint density at radius 1 is 0.944 bits per heavy atom. The number of hydrogen-bond acceptors (Lipinski definition) is 0. The van der Waals surface area contributed by atoms with Gasteiger partial charge in [-0.05, 0) is 41.5 Å². The van der Waals surface area contributed by atoms with Crippen LogP contribution in [-0.4, -0.2) is 0 Å². The number of rotatable bonds is 3. The predicted octanol–water partition coefficient (Wildman–Crippen LogP) is 5.36. The Hall–Kier alpha value is -1.27. The number of aryl methyl sites for hydroxylation is 1. The minimum Gasteiger partial charge on any atom is -0.0837 e. The zero-order valence-corrected chi connectivity index (χ0v) is 12.0. The summed E-state index contributed by atoms with van der Waals surface area (Å²) in [7, 11) is 0. The van der Waals surface area contributed by atoms with Gasteiger partial charge in [0, 0.05) is 5.02 Å². The topological polar surface area (TPSA) is 0 Å². The van der Waals surface area contributed by atoms with Crippen LogP contribution in [0.15, 0.2) is 42.5 Å². The maximum Gasteiger partial charge on any atom is 0.0475 e. The van der Waals surface area contributed by atoms with Crippen LogP contribution in [-0.2, 0) is 6.42 Å². The second-order valence-electron chi connectivity index (χ2n) is 5.08. The van der Waals surface area contributed by atoms with Gasteiger partial charge in [0.15, 0.2) is 0 Å². The van der Waals surface area contributed by atoms with Crippen molar-refractivity contribution in [3.63, 3.8) is 0 Å². The first-order valence-electron chi connectivity index (χ1n) is 6.41. The normalized spacial score (nSPS) is 10.9. The standard InChI is InChI=1S/C17H19Cl/c1-12(2)16-10-6-9-15(17(16)18)11-14-8-5-4-7-13(14)3/h4-10,12H,11H2,1-3H3. The average Bonchev–Trinajstić information content (AvgIpc) is 2.34. The number of halogens is 1. The van der Waals surface area contributed by atoms with Crippen LogP contribution in [0.25, 0.3) is 0 Å². The van der Waals surface area contributed by atoms with Crippen molar-refractivity contribution in [2.75, 3.05) is 0 Å². The number of hydrogen-bond donors (Lipinski definition) is 0. The zero-order valence-electron chi connectivity index (χ0n) is 11.2. The van der Waals surface area contributed by atoms with E-state index in [1.165, 1.54) is 22.3 Å². The molecule has 0 bridgehead atoms. The molecular weight excluding hydrogens is 240 g/mol. The van der Waals surface area contributed by atoms with E-state index in [-0.39, 0.29) is 0 Å². The Balaban J connectivity index is 2.36. The lowest BCUT2D eigenvalue weighted by molar-refractivity contribution is 0.863. The van der Waals surface area contributed by atoms with Crippen molar-refractivity contribution in [1.82, 2.24) is 0 Å². The van der Waals surface area contributed by atoms with Gasteiger partial charge in [-0.3, -0.25) is 0 Å². The van der Waals surface area contributed by atoms with Crippen LogP contribution in [0, 0.1) is 6.92 Å². The fraction of sp³-hybridized carbons (Fsp3) is 0.294. The molecule has 0 atom stereocenters. The molecule has 2 aromatic carbocycles. The molecule has 0 spiro atoms. The highest BCUT2D eigenvalue weighted by molar-refractivity contribution is 6.32. The first kappa shape index (κ1) is 13.2. The van der Waals surface area contributed by atoms with Crippen molar-refractivity contribution >= 4 is 11.6 Å². The largest absolute Gasteiger partial charge is 0.0837 e. The molecule has 0 fully saturated rings. The lowest BCUT2D eigenvalue weighted by Gasteiger charge is -2.13. The third-order valence-corrected chi connectivity index (χ3v) is 3.83. The van der Waals surface area contributed by atoms with E-state index in [4.69, 9.17) is 11.6 Å². The second kappa shape index (κ2) is 5.58. The molecule has 2 aromatic rings. The van der Waals surface area contributed by atoms with Crippen LogP contribution < -0.4 is 0 Å². The summed E-state index contributed by atoms with van der Waals surface area (Å²) in [5.74, 6) is 0.467. The fourth-order valence-electron chi connectivity index (χ4n) is 2.20. The van der Waals surface area contributed by atoms with Crippen molar-refractivity contribution in [1.29, 1.82) is 0 Å². The monoisotopic (exact) mass is 258 g/mol. The SMILES string of the molecule is Cc1ccccc1Cc1cccc(C(C)C)c1Cl. The minimum atomic E-state index is 0.467. The Morgan fingerprint density at radius 2 is 1.61 bits per heavy atom. The summed E-state index contributed by atoms with van der Waals surface area (Å²) in [6, 6.07) is 14.8. The zero-order chi connectivity index (χ0) is 13.1. The summed E-state index contributed by atoms with van der Waals surface area (Å²) >= 11 is 6.51. The molecule has 2 rings (SSSR count). The molecule has 0 nitrogen and oxygen atoms in total. The second-order valence-corrected chi connectivity index (χ2v) is 5.46. The predicted molar refractivity (Wildman–Crippen MR) is 79.5 cm³/mol. The van der Waals surface area contributed by atoms with E-state index in [0.717, 1.165) is 11.4 Å². The van der Waals surface area contributed by atoms with Gasteiger partial charge in [0.05, 0.1) is 0 Å². The van der Waals surface area contributed by atoms with Gasteiger partial charge in [-0.25, -0.2) is 0 Å². The summed E-state index contributed by atoms with van der Waals surface area (Å²) in [4.78, 5) is 0. The molecule has 0 aliphatic rings. The van der Waals surface area contributed by atoms with Gasteiger partial charge in [0.2, 0.25) is 0 Å². The van der Waals surface area contributed by atoms with E-state index < -0.39 is 0 Å². The smallest absolute Gasteiger partial charge is 0.0475 e. The van der Waals surface area contributed by atoms with Crippen LogP contribution in [0.3, 0.4) is 0 Å². The van der Waals surface area contributed by atoms with E-state index in [1.807, 2.05) is 0 Å². The summed E-state index contributed by atoms with van der Waals surface area (Å²) < 4.78 is 0. The maximum atomic E-state index is 6.51. The third kappa shape index (κ3) is 2.76. The van der Waals surface area contributed by atoms with Gasteiger partial charge in [0.1, 0.15) is 0 Å². The molecule has 0 aliphatic carbocycles. The third-order valence-electron chi connectivity index (χ3n) is 3.37. The van der Waals surface area contributed by atoms with Crippen LogP contribution in [0.4, 0.5) is 0 Å². The van der Waals surface area contributed by atoms with E-state index in [0.29, 0.717) is 5.92 Å². The summed E-state index contributed by atoms with van der Waals surface area (Å²) in [6.45, 7) is 6.51. The Bertz CT molecular complexity index is 541. The van der Waals surface area contributed by atoms with Crippen LogP contribution >= 0.6 is 11.6 Å². The van der Waals surface area contributed by atoms with Gasteiger partial charge in [-0.2, -0.15) is 0 Å². The summed E-state index contributed by atoms with van der Waals surface area (Å²) in [5, 5.41) is 0.927. The van der Waals surface area contributed by atoms with Crippen molar-refractivity contribution in [2.45, 2.75) is 33.1 Å². The van der Waals surface area contributed by atoms with E-state index in [1.54, 1.807) is 0 Å². The molecule has 18 heavy (non-hydrogen) atoms. The highest BCUT2D eigenvalue weighted by atomic mass is 35.5. The first-order valence-corrected chi connectivity index (χ1v) is 6.79. The van der Waals surface area contributed by atoms with Crippen LogP contribution in [0.1, 0.15) is 42.0 Å². The molecule has 0 aliphatic heterocycles. The molecule has 0 saturated heterocycles. The van der Waals surface area contributed by atoms with E-state index >= 15 is 0 Å². The van der Waals surface area contributed by atoms with Gasteiger partial charge in [-0.1, -0.05) is 67.9 Å². The first-order chi connectivity index (χ1) is 8.59. The van der Waals surface area contributed by atoms with Crippen molar-refractivity contribution in [3.8, 4) is 0 Å². The molecule has 0 N–H and O–H groups in total. The maximum absolute atomic E-state index is 6.51. The summed E-state index contributed by atoms with van der Waals surface area (Å²) in [5.41, 5.74) is 5.13. The van der Waals surface area contributed by atoms with Crippen LogP contribution in [0.2, 0.25) is 5.02 Å². The Labute approximate surface area is 115 Å². The van der Waals surface area contributed by atoms with Crippen molar-refractivity contribution in [3.05, 3.63) is 69.7 Å². The average molecular weight is 259 g/mol. The lowest BCUT2D eigenvalue weighted by atomic mass is 9.96. The van der Waals surface area contributed by atoms with E-state index in [9.17, 15) is 0 Å². The Morgan fingerprint density at radius 3 is 2.28 bits per heavy atom. The summed E-state index contributed by atoms with van der Waals surface area (Å²) in [6.07, 6.45) is 0.909. The molecule has 0 unspecified atom stereocenters. The van der Waals surface area contributed by atoms with Crippen LogP contribution in [0.5, 0.6) is 0 Å². The molecule has 1 heteroatoms. The molecular formula is C17H19Cl. The van der Waals surface area contributed by atoms with Gasteiger partial charge in [0.25, 0.3) is 0 Å². The fourth-order valence-corrected chi connectivity index (χ4v) is 2.61. The molecule has 94 valence electrons. The van der Waals surface area contributed by atoms with Gasteiger partial charge in [-0.15, -0.1) is 0 Å². The van der Waals surface area contributed by atoms with Crippen molar-refractivity contribution < 1.29 is 0 Å². The highest BCUT2D eigenvalue weighted by Crippen LogP contribution is 2.29. The molecule has 0 amide bonds. The quantitative estimate of drug-likeness (QED) is 0.695. The highest BCUT2D eigenvalue weighted by Gasteiger charge is 2.10. The Kier molecular flexibility index (Phi) is 4.08. The molecule has 0 radical (unpaired) electrons. The number of benzene rings is 2. The molecule has 0 heterocycles. The van der Waals surface area contributed by atoms with Gasteiger partial charge < -0.3 is 0 Å². The molecule has 0 aromatic heterocycles. The van der Waals surface area contributed by atoms with Gasteiger partial charge >= 0.3 is 0 Å². The van der Waals surface area contributed by atoms with E-state index in [2.05, 4.69) is 63.2 Å². The van der Waals surface area contributed by atoms with Crippen molar-refractivity contribution in [2.24, 2.45) is 0 Å². The molecule has 0 saturated carbocycles.